The number of carboxylic acid groups (broad SMARTS) is 1. The van der Waals surface area contributed by atoms with Gasteiger partial charge in [0.1, 0.15) is 61.0 Å². The quantitative estimate of drug-likeness (QED) is 0.0721. The number of carbonyl (C=O) groups is 3. The van der Waals surface area contributed by atoms with Gasteiger partial charge < -0.3 is 90.9 Å². The maximum absolute atomic E-state index is 12.4. The molecule has 0 saturated carbocycles. The summed E-state index contributed by atoms with van der Waals surface area (Å²) in [6.07, 6.45) is -24.2. The maximum atomic E-state index is 12.4. The average molecular weight is 677 g/mol. The summed E-state index contributed by atoms with van der Waals surface area (Å²) in [5.74, 6) is -6.34. The second-order valence-electron chi connectivity index (χ2n) is 11.0. The first kappa shape index (κ1) is 40.0. The van der Waals surface area contributed by atoms with Crippen LogP contribution >= 0.6 is 0 Å². The summed E-state index contributed by atoms with van der Waals surface area (Å²) in [6.45, 7) is -1.96. The minimum atomic E-state index is -2.91. The number of carboxylic acids is 1. The van der Waals surface area contributed by atoms with E-state index < -0.39 is 142 Å². The van der Waals surface area contributed by atoms with Crippen molar-refractivity contribution in [3.8, 4) is 0 Å². The Balaban J connectivity index is 2.36. The molecule has 268 valence electrons. The Hall–Kier alpha value is -2.19. The van der Waals surface area contributed by atoms with Crippen molar-refractivity contribution in [3.63, 3.8) is 0 Å². The minimum absolute atomic E-state index is 0.742. The van der Waals surface area contributed by atoms with E-state index >= 15 is 0 Å². The first-order chi connectivity index (χ1) is 21.4. The fourth-order valence-electron chi connectivity index (χ4n) is 5.06. The average Bonchev–Trinajstić information content (AvgIpc) is 3.00. The lowest BCUT2D eigenvalue weighted by Gasteiger charge is -2.47. The predicted octanol–water partition coefficient (Wildman–Crippen LogP) is -8.44. The molecule has 14 N–H and O–H groups in total. The Labute approximate surface area is 261 Å². The molecule has 15 atom stereocenters. The molecule has 46 heavy (non-hydrogen) atoms. The van der Waals surface area contributed by atoms with Gasteiger partial charge in [0.05, 0.1) is 44.6 Å². The fraction of sp³-hybridized carbons (Fsp3) is 0.880. The Morgan fingerprint density at radius 2 is 1.54 bits per heavy atom. The summed E-state index contributed by atoms with van der Waals surface area (Å²) < 4.78 is 21.5. The van der Waals surface area contributed by atoms with E-state index in [2.05, 4.69) is 10.6 Å². The van der Waals surface area contributed by atoms with Gasteiger partial charge in [-0.3, -0.25) is 9.59 Å². The van der Waals surface area contributed by atoms with Gasteiger partial charge in [-0.15, -0.1) is 0 Å². The number of amides is 2. The van der Waals surface area contributed by atoms with E-state index in [4.69, 9.17) is 18.9 Å². The number of aliphatic carboxylic acids is 1. The van der Waals surface area contributed by atoms with Gasteiger partial charge in [0, 0.05) is 20.3 Å². The topological polar surface area (TPSA) is 355 Å². The van der Waals surface area contributed by atoms with Crippen molar-refractivity contribution in [2.75, 3.05) is 26.4 Å². The summed E-state index contributed by atoms with van der Waals surface area (Å²) in [5.41, 5.74) is 0. The molecule has 2 amide bonds. The van der Waals surface area contributed by atoms with E-state index in [0.29, 0.717) is 0 Å². The third-order valence-electron chi connectivity index (χ3n) is 7.53. The zero-order chi connectivity index (χ0) is 35.1. The second kappa shape index (κ2) is 17.3. The molecular weight excluding hydrogens is 632 g/mol. The molecule has 2 rings (SSSR count). The normalized spacial score (nSPS) is 35.7. The minimum Gasteiger partial charge on any atom is -0.477 e. The SMILES string of the molecule is CC(=O)NC(CO)C(OC1OC(CO)C(O)C(O)C1O)C(O)C(O)COC1(C(=O)O)CC(O)C(NC(C)=O)C(C(O)C(O)CO)O1. The molecular formula is C25H44N2O19. The van der Waals surface area contributed by atoms with Gasteiger partial charge in [0.25, 0.3) is 5.79 Å². The summed E-state index contributed by atoms with van der Waals surface area (Å²) in [4.78, 5) is 35.8. The molecule has 0 aromatic heterocycles. The van der Waals surface area contributed by atoms with Crippen molar-refractivity contribution in [2.24, 2.45) is 0 Å². The zero-order valence-corrected chi connectivity index (χ0v) is 24.8. The third kappa shape index (κ3) is 9.46. The number of nitrogens with one attached hydrogen (secondary N) is 2. The van der Waals surface area contributed by atoms with Crippen LogP contribution in [0.4, 0.5) is 0 Å². The van der Waals surface area contributed by atoms with Gasteiger partial charge in [0.2, 0.25) is 11.8 Å². The Kier molecular flexibility index (Phi) is 15.0. The molecule has 0 bridgehead atoms. The van der Waals surface area contributed by atoms with Crippen LogP contribution in [0.2, 0.25) is 0 Å². The van der Waals surface area contributed by atoms with Crippen LogP contribution in [0, 0.1) is 0 Å². The molecule has 2 saturated heterocycles. The van der Waals surface area contributed by atoms with Gasteiger partial charge in [-0.1, -0.05) is 0 Å². The Bertz CT molecular complexity index is 1010. The van der Waals surface area contributed by atoms with Crippen LogP contribution in [-0.4, -0.2) is 197 Å². The smallest absolute Gasteiger partial charge is 0.364 e. The molecule has 0 aromatic carbocycles. The van der Waals surface area contributed by atoms with Crippen LogP contribution in [0.25, 0.3) is 0 Å². The number of hydrogen-bond acceptors (Lipinski definition) is 18. The van der Waals surface area contributed by atoms with Crippen molar-refractivity contribution >= 4 is 17.8 Å². The van der Waals surface area contributed by atoms with E-state index in [9.17, 15) is 75.7 Å². The summed E-state index contributed by atoms with van der Waals surface area (Å²) in [5, 5.41) is 127. The van der Waals surface area contributed by atoms with E-state index in [1.807, 2.05) is 0 Å². The number of ether oxygens (including phenoxy) is 4. The van der Waals surface area contributed by atoms with E-state index in [-0.39, 0.29) is 0 Å². The number of aliphatic hydroxyl groups is 11. The molecule has 15 unspecified atom stereocenters. The van der Waals surface area contributed by atoms with Crippen LogP contribution in [0.15, 0.2) is 0 Å². The van der Waals surface area contributed by atoms with Crippen molar-refractivity contribution in [3.05, 3.63) is 0 Å². The largest absolute Gasteiger partial charge is 0.477 e. The predicted molar refractivity (Wildman–Crippen MR) is 144 cm³/mol. The van der Waals surface area contributed by atoms with Crippen LogP contribution in [-0.2, 0) is 33.3 Å². The van der Waals surface area contributed by atoms with Gasteiger partial charge in [-0.25, -0.2) is 4.79 Å². The molecule has 0 aliphatic carbocycles. The van der Waals surface area contributed by atoms with Crippen LogP contribution in [0.3, 0.4) is 0 Å². The first-order valence-corrected chi connectivity index (χ1v) is 14.1. The molecule has 21 heteroatoms. The highest BCUT2D eigenvalue weighted by atomic mass is 16.7. The van der Waals surface area contributed by atoms with Crippen molar-refractivity contribution in [1.29, 1.82) is 0 Å². The Morgan fingerprint density at radius 1 is 0.913 bits per heavy atom. The lowest BCUT2D eigenvalue weighted by molar-refractivity contribution is -0.328. The number of hydrogen-bond donors (Lipinski definition) is 14. The molecule has 2 aliphatic rings. The Morgan fingerprint density at radius 3 is 2.04 bits per heavy atom. The molecule has 2 aliphatic heterocycles. The van der Waals surface area contributed by atoms with Crippen molar-refractivity contribution in [2.45, 2.75) is 112 Å². The second-order valence-corrected chi connectivity index (χ2v) is 11.0. The maximum Gasteiger partial charge on any atom is 0.364 e. The van der Waals surface area contributed by atoms with Crippen LogP contribution in [0.1, 0.15) is 20.3 Å². The number of rotatable bonds is 16. The highest BCUT2D eigenvalue weighted by Crippen LogP contribution is 2.34. The summed E-state index contributed by atoms with van der Waals surface area (Å²) >= 11 is 0. The highest BCUT2D eigenvalue weighted by molar-refractivity contribution is 5.76. The standard InChI is InChI=1S/C25H44N2O19/c1-8(31)26-10(4-28)21(45-23-20(40)19(39)18(38)14(6-30)44-23)17(37)13(35)7-43-25(24(41)42)3-11(33)15(27-9(2)32)22(46-25)16(36)12(34)5-29/h10-23,28-30,33-40H,3-7H2,1-2H3,(H,26,31)(H,27,32)(H,41,42). The van der Waals surface area contributed by atoms with E-state index in [1.165, 1.54) is 0 Å². The molecule has 21 nitrogen and oxygen atoms in total. The molecule has 0 radical (unpaired) electrons. The van der Waals surface area contributed by atoms with Crippen LogP contribution < -0.4 is 10.6 Å². The van der Waals surface area contributed by atoms with Gasteiger partial charge >= 0.3 is 5.97 Å². The molecule has 0 aromatic rings. The molecule has 2 heterocycles. The molecule has 2 fully saturated rings. The monoisotopic (exact) mass is 676 g/mol. The highest BCUT2D eigenvalue weighted by Gasteiger charge is 2.56. The lowest BCUT2D eigenvalue weighted by atomic mass is 9.88. The van der Waals surface area contributed by atoms with Gasteiger partial charge in [-0.05, 0) is 0 Å². The third-order valence-corrected chi connectivity index (χ3v) is 7.53. The summed E-state index contributed by atoms with van der Waals surface area (Å²) in [7, 11) is 0. The van der Waals surface area contributed by atoms with E-state index in [1.54, 1.807) is 0 Å². The lowest BCUT2D eigenvalue weighted by Crippen LogP contribution is -2.68. The van der Waals surface area contributed by atoms with Crippen molar-refractivity contribution in [1.82, 2.24) is 10.6 Å². The number of carbonyl (C=O) groups excluding carboxylic acids is 2. The molecule has 0 spiro atoms. The van der Waals surface area contributed by atoms with E-state index in [0.717, 1.165) is 13.8 Å². The zero-order valence-electron chi connectivity index (χ0n) is 24.8. The first-order valence-electron chi connectivity index (χ1n) is 14.1. The van der Waals surface area contributed by atoms with Gasteiger partial charge in [-0.2, -0.15) is 0 Å². The van der Waals surface area contributed by atoms with Crippen LogP contribution in [0.5, 0.6) is 0 Å². The van der Waals surface area contributed by atoms with Gasteiger partial charge in [0.15, 0.2) is 6.29 Å². The number of aliphatic hydroxyl groups excluding tert-OH is 11. The van der Waals surface area contributed by atoms with Crippen molar-refractivity contribution < 1.29 is 94.6 Å². The summed E-state index contributed by atoms with van der Waals surface area (Å²) in [6, 6.07) is -3.08. The fourth-order valence-corrected chi connectivity index (χ4v) is 5.06.